The molecule has 22 heavy (non-hydrogen) atoms. The third kappa shape index (κ3) is 2.95. The standard InChI is InChI=1S/C14H19N3O5/c1-8-7-16-10(6-9(15-16)12(19)21-5)11(18)17(8)13(20)22-14(2,3)4/h6,8H,7H2,1-5H3/t8-/m1/s1. The summed E-state index contributed by atoms with van der Waals surface area (Å²) in [4.78, 5) is 37.2. The molecule has 2 heterocycles. The van der Waals surface area contributed by atoms with Crippen molar-refractivity contribution in [3.8, 4) is 0 Å². The predicted octanol–water partition coefficient (Wildman–Crippen LogP) is 1.45. The van der Waals surface area contributed by atoms with Gasteiger partial charge in [0, 0.05) is 6.07 Å². The lowest BCUT2D eigenvalue weighted by Crippen LogP contribution is -2.51. The zero-order valence-corrected chi connectivity index (χ0v) is 13.2. The van der Waals surface area contributed by atoms with Gasteiger partial charge in [-0.1, -0.05) is 0 Å². The van der Waals surface area contributed by atoms with Gasteiger partial charge in [-0.15, -0.1) is 0 Å². The topological polar surface area (TPSA) is 90.7 Å². The number of esters is 1. The average Bonchev–Trinajstić information content (AvgIpc) is 2.79. The van der Waals surface area contributed by atoms with Crippen LogP contribution in [-0.2, 0) is 16.0 Å². The second kappa shape index (κ2) is 5.43. The van der Waals surface area contributed by atoms with Crippen molar-refractivity contribution in [2.24, 2.45) is 0 Å². The van der Waals surface area contributed by atoms with Crippen LogP contribution < -0.4 is 0 Å². The predicted molar refractivity (Wildman–Crippen MR) is 75.4 cm³/mol. The van der Waals surface area contributed by atoms with Gasteiger partial charge < -0.3 is 9.47 Å². The molecular weight excluding hydrogens is 290 g/mol. The molecule has 0 radical (unpaired) electrons. The SMILES string of the molecule is COC(=O)c1cc2n(n1)C[C@@H](C)N(C(=O)OC(C)(C)C)C2=O. The number of amides is 2. The Morgan fingerprint density at radius 2 is 2.00 bits per heavy atom. The average molecular weight is 309 g/mol. The molecule has 0 aromatic carbocycles. The van der Waals surface area contributed by atoms with Crippen LogP contribution in [0.4, 0.5) is 4.79 Å². The van der Waals surface area contributed by atoms with E-state index >= 15 is 0 Å². The first-order valence-corrected chi connectivity index (χ1v) is 6.86. The molecular formula is C14H19N3O5. The van der Waals surface area contributed by atoms with Gasteiger partial charge in [0.1, 0.15) is 11.3 Å². The Balaban J connectivity index is 2.31. The number of hydrogen-bond donors (Lipinski definition) is 0. The smallest absolute Gasteiger partial charge is 0.417 e. The fraction of sp³-hybridized carbons (Fsp3) is 0.571. The van der Waals surface area contributed by atoms with E-state index in [-0.39, 0.29) is 17.9 Å². The normalized spacial score (nSPS) is 18.0. The van der Waals surface area contributed by atoms with Crippen LogP contribution in [0.1, 0.15) is 48.7 Å². The van der Waals surface area contributed by atoms with Crippen LogP contribution in [0.3, 0.4) is 0 Å². The van der Waals surface area contributed by atoms with Crippen molar-refractivity contribution in [3.05, 3.63) is 17.5 Å². The maximum atomic E-state index is 12.5. The maximum Gasteiger partial charge on any atom is 0.417 e. The Labute approximate surface area is 128 Å². The van der Waals surface area contributed by atoms with Crippen LogP contribution in [0.15, 0.2) is 6.07 Å². The summed E-state index contributed by atoms with van der Waals surface area (Å²) in [7, 11) is 1.23. The quantitative estimate of drug-likeness (QED) is 0.729. The number of fused-ring (bicyclic) bond motifs is 1. The third-order valence-electron chi connectivity index (χ3n) is 3.08. The van der Waals surface area contributed by atoms with Crippen molar-refractivity contribution in [2.75, 3.05) is 7.11 Å². The molecule has 0 bridgehead atoms. The Morgan fingerprint density at radius 1 is 1.36 bits per heavy atom. The number of carbonyl (C=O) groups excluding carboxylic acids is 3. The molecule has 8 heteroatoms. The molecule has 0 fully saturated rings. The molecule has 0 unspecified atom stereocenters. The zero-order valence-electron chi connectivity index (χ0n) is 13.2. The van der Waals surface area contributed by atoms with Crippen molar-refractivity contribution < 1.29 is 23.9 Å². The van der Waals surface area contributed by atoms with Gasteiger partial charge in [0.05, 0.1) is 19.7 Å². The fourth-order valence-corrected chi connectivity index (χ4v) is 2.16. The minimum Gasteiger partial charge on any atom is -0.464 e. The summed E-state index contributed by atoms with van der Waals surface area (Å²) in [6.07, 6.45) is -0.711. The van der Waals surface area contributed by atoms with Crippen LogP contribution >= 0.6 is 0 Å². The maximum absolute atomic E-state index is 12.5. The van der Waals surface area contributed by atoms with Crippen molar-refractivity contribution in [2.45, 2.75) is 45.9 Å². The van der Waals surface area contributed by atoms with Crippen LogP contribution in [0.5, 0.6) is 0 Å². The molecule has 1 aliphatic rings. The van der Waals surface area contributed by atoms with Crippen molar-refractivity contribution in [3.63, 3.8) is 0 Å². The molecule has 2 rings (SSSR count). The van der Waals surface area contributed by atoms with Crippen LogP contribution in [0.25, 0.3) is 0 Å². The number of nitrogens with zero attached hydrogens (tertiary/aromatic N) is 3. The van der Waals surface area contributed by atoms with E-state index in [0.29, 0.717) is 0 Å². The van der Waals surface area contributed by atoms with Gasteiger partial charge in [-0.05, 0) is 27.7 Å². The second-order valence-corrected chi connectivity index (χ2v) is 6.09. The summed E-state index contributed by atoms with van der Waals surface area (Å²) in [5, 5.41) is 4.03. The summed E-state index contributed by atoms with van der Waals surface area (Å²) in [5.41, 5.74) is -0.514. The number of carbonyl (C=O) groups is 3. The van der Waals surface area contributed by atoms with E-state index in [1.807, 2.05) is 0 Å². The lowest BCUT2D eigenvalue weighted by atomic mass is 10.2. The van der Waals surface area contributed by atoms with Gasteiger partial charge >= 0.3 is 12.1 Å². The number of rotatable bonds is 1. The monoisotopic (exact) mass is 309 g/mol. The van der Waals surface area contributed by atoms with Crippen LogP contribution in [0.2, 0.25) is 0 Å². The molecule has 0 spiro atoms. The Kier molecular flexibility index (Phi) is 3.95. The number of hydrogen-bond acceptors (Lipinski definition) is 6. The van der Waals surface area contributed by atoms with Gasteiger partial charge in [-0.25, -0.2) is 14.5 Å². The third-order valence-corrected chi connectivity index (χ3v) is 3.08. The van der Waals surface area contributed by atoms with Gasteiger partial charge in [0.15, 0.2) is 5.69 Å². The molecule has 120 valence electrons. The summed E-state index contributed by atoms with van der Waals surface area (Å²) in [6.45, 7) is 7.18. The molecule has 2 amide bonds. The molecule has 1 aliphatic heterocycles. The number of aromatic nitrogens is 2. The highest BCUT2D eigenvalue weighted by atomic mass is 16.6. The van der Waals surface area contributed by atoms with Crippen molar-refractivity contribution in [1.29, 1.82) is 0 Å². The number of imide groups is 1. The molecule has 1 aromatic heterocycles. The van der Waals surface area contributed by atoms with Gasteiger partial charge in [-0.2, -0.15) is 5.10 Å². The minimum atomic E-state index is -0.711. The highest BCUT2D eigenvalue weighted by molar-refractivity contribution is 6.04. The van der Waals surface area contributed by atoms with Gasteiger partial charge in [-0.3, -0.25) is 9.48 Å². The first-order chi connectivity index (χ1) is 10.1. The van der Waals surface area contributed by atoms with Gasteiger partial charge in [0.2, 0.25) is 0 Å². The van der Waals surface area contributed by atoms with Crippen LogP contribution in [-0.4, -0.2) is 51.4 Å². The van der Waals surface area contributed by atoms with E-state index in [2.05, 4.69) is 9.84 Å². The van der Waals surface area contributed by atoms with Crippen LogP contribution in [0, 0.1) is 0 Å². The highest BCUT2D eigenvalue weighted by Gasteiger charge is 2.38. The first kappa shape index (κ1) is 16.0. The van der Waals surface area contributed by atoms with Crippen molar-refractivity contribution in [1.82, 2.24) is 14.7 Å². The first-order valence-electron chi connectivity index (χ1n) is 6.86. The lowest BCUT2D eigenvalue weighted by molar-refractivity contribution is 0.0128. The van der Waals surface area contributed by atoms with E-state index in [9.17, 15) is 14.4 Å². The highest BCUT2D eigenvalue weighted by Crippen LogP contribution is 2.21. The molecule has 0 saturated carbocycles. The van der Waals surface area contributed by atoms with E-state index in [0.717, 1.165) is 4.90 Å². The summed E-state index contributed by atoms with van der Waals surface area (Å²) < 4.78 is 11.2. The Morgan fingerprint density at radius 3 is 2.55 bits per heavy atom. The number of methoxy groups -OCH3 is 1. The van der Waals surface area contributed by atoms with E-state index in [4.69, 9.17) is 4.74 Å². The number of ether oxygens (including phenoxy) is 2. The Hall–Kier alpha value is -2.38. The molecule has 1 atom stereocenters. The fourth-order valence-electron chi connectivity index (χ4n) is 2.16. The van der Waals surface area contributed by atoms with E-state index in [1.54, 1.807) is 27.7 Å². The molecule has 8 nitrogen and oxygen atoms in total. The molecule has 0 aliphatic carbocycles. The molecule has 0 saturated heterocycles. The summed E-state index contributed by atoms with van der Waals surface area (Å²) >= 11 is 0. The molecule has 1 aromatic rings. The van der Waals surface area contributed by atoms with E-state index in [1.165, 1.54) is 17.9 Å². The Bertz CT molecular complexity index is 629. The second-order valence-electron chi connectivity index (χ2n) is 6.09. The van der Waals surface area contributed by atoms with E-state index < -0.39 is 29.6 Å². The summed E-state index contributed by atoms with van der Waals surface area (Å²) in [5.74, 6) is -1.18. The lowest BCUT2D eigenvalue weighted by Gasteiger charge is -2.33. The van der Waals surface area contributed by atoms with Gasteiger partial charge in [0.25, 0.3) is 5.91 Å². The molecule has 0 N–H and O–H groups in total. The summed E-state index contributed by atoms with van der Waals surface area (Å²) in [6, 6.07) is 0.887. The minimum absolute atomic E-state index is 0.0316. The largest absolute Gasteiger partial charge is 0.464 e. The van der Waals surface area contributed by atoms with Crippen molar-refractivity contribution >= 4 is 18.0 Å². The zero-order chi connectivity index (χ0) is 16.7.